The molecule has 0 saturated carbocycles. The molecule has 2 unspecified atom stereocenters. The molecule has 8 nitrogen and oxygen atoms in total. The zero-order valence-electron chi connectivity index (χ0n) is 20.0. The minimum absolute atomic E-state index is 0.146. The van der Waals surface area contributed by atoms with Gasteiger partial charge in [0.15, 0.2) is 5.78 Å². The van der Waals surface area contributed by atoms with Crippen LogP contribution in [0.4, 0.5) is 20.7 Å². The molecule has 2 fully saturated rings. The van der Waals surface area contributed by atoms with Crippen LogP contribution >= 0.6 is 0 Å². The van der Waals surface area contributed by atoms with E-state index < -0.39 is 5.82 Å². The van der Waals surface area contributed by atoms with Gasteiger partial charge in [0.25, 0.3) is 0 Å². The van der Waals surface area contributed by atoms with Crippen LogP contribution in [0.25, 0.3) is 0 Å². The number of carbonyl (C=O) groups is 2. The van der Waals surface area contributed by atoms with Crippen molar-refractivity contribution in [2.75, 3.05) is 49.1 Å². The maximum Gasteiger partial charge on any atom is 0.317 e. The molecule has 0 bridgehead atoms. The van der Waals surface area contributed by atoms with Crippen LogP contribution in [0.3, 0.4) is 0 Å². The molecular formula is C25H32FN5O3. The minimum atomic E-state index is -0.414. The summed E-state index contributed by atoms with van der Waals surface area (Å²) in [6.45, 7) is 9.58. The van der Waals surface area contributed by atoms with Crippen molar-refractivity contribution in [3.05, 3.63) is 53.5 Å². The highest BCUT2D eigenvalue weighted by Crippen LogP contribution is 2.22. The maximum atomic E-state index is 14.4. The lowest BCUT2D eigenvalue weighted by Gasteiger charge is -2.36. The van der Waals surface area contributed by atoms with E-state index in [1.807, 2.05) is 17.0 Å². The summed E-state index contributed by atoms with van der Waals surface area (Å²) in [6, 6.07) is 8.37. The van der Waals surface area contributed by atoms with Crippen molar-refractivity contribution in [1.82, 2.24) is 15.2 Å². The Bertz CT molecular complexity index is 1010. The Hall–Kier alpha value is -3.20. The van der Waals surface area contributed by atoms with Gasteiger partial charge in [-0.3, -0.25) is 4.79 Å². The Labute approximate surface area is 199 Å². The number of benzene rings is 1. The standard InChI is InChI=1S/C25H32FN5O3/c1-17-15-31(16-18(2)34-17)24-7-4-20(13-27-24)14-28-25(33)30-10-8-29(9-11-30)23-6-5-21(19(3)32)12-22(23)26/h4-7,12-13,17-18H,8-11,14-16H2,1-3H3,(H,28,33). The second-order valence-corrected chi connectivity index (χ2v) is 9.04. The third-order valence-corrected chi connectivity index (χ3v) is 6.26. The van der Waals surface area contributed by atoms with Crippen molar-refractivity contribution in [2.45, 2.75) is 39.5 Å². The zero-order chi connectivity index (χ0) is 24.2. The summed E-state index contributed by atoms with van der Waals surface area (Å²) in [5.74, 6) is 0.335. The molecule has 1 N–H and O–H groups in total. The van der Waals surface area contributed by atoms with Crippen LogP contribution in [0.2, 0.25) is 0 Å². The molecule has 1 aromatic carbocycles. The first-order valence-electron chi connectivity index (χ1n) is 11.7. The van der Waals surface area contributed by atoms with Crippen molar-refractivity contribution in [1.29, 1.82) is 0 Å². The molecule has 9 heteroatoms. The fourth-order valence-electron chi connectivity index (χ4n) is 4.50. The number of piperazine rings is 1. The number of hydrogen-bond acceptors (Lipinski definition) is 6. The van der Waals surface area contributed by atoms with Gasteiger partial charge in [0.05, 0.1) is 17.9 Å². The number of nitrogens with zero attached hydrogens (tertiary/aromatic N) is 4. The molecule has 3 heterocycles. The van der Waals surface area contributed by atoms with Gasteiger partial charge in [-0.2, -0.15) is 0 Å². The second kappa shape index (κ2) is 10.4. The third kappa shape index (κ3) is 5.64. The lowest BCUT2D eigenvalue weighted by atomic mass is 10.1. The lowest BCUT2D eigenvalue weighted by molar-refractivity contribution is -0.00546. The molecule has 2 aliphatic heterocycles. The van der Waals surface area contributed by atoms with Crippen LogP contribution in [-0.4, -0.2) is 73.2 Å². The number of pyridine rings is 1. The molecule has 34 heavy (non-hydrogen) atoms. The summed E-state index contributed by atoms with van der Waals surface area (Å²) in [6.07, 6.45) is 2.13. The molecular weight excluding hydrogens is 437 g/mol. The van der Waals surface area contributed by atoms with Gasteiger partial charge in [0, 0.05) is 57.6 Å². The maximum absolute atomic E-state index is 14.4. The highest BCUT2D eigenvalue weighted by atomic mass is 19.1. The van der Waals surface area contributed by atoms with E-state index in [9.17, 15) is 14.0 Å². The Morgan fingerprint density at radius 1 is 1.06 bits per heavy atom. The first-order chi connectivity index (χ1) is 16.3. The van der Waals surface area contributed by atoms with E-state index in [0.29, 0.717) is 44.0 Å². The van der Waals surface area contributed by atoms with Gasteiger partial charge in [-0.05, 0) is 50.6 Å². The van der Waals surface area contributed by atoms with E-state index in [0.717, 1.165) is 24.5 Å². The number of carbonyl (C=O) groups excluding carboxylic acids is 2. The van der Waals surface area contributed by atoms with Crippen LogP contribution in [0.5, 0.6) is 0 Å². The summed E-state index contributed by atoms with van der Waals surface area (Å²) < 4.78 is 20.2. The predicted octanol–water partition coefficient (Wildman–Crippen LogP) is 3.07. The molecule has 182 valence electrons. The molecule has 0 radical (unpaired) electrons. The number of Topliss-reactive ketones (excluding diaryl/α,β-unsaturated/α-hetero) is 1. The minimum Gasteiger partial charge on any atom is -0.372 e. The van der Waals surface area contributed by atoms with Crippen molar-refractivity contribution in [3.63, 3.8) is 0 Å². The third-order valence-electron chi connectivity index (χ3n) is 6.26. The van der Waals surface area contributed by atoms with Gasteiger partial charge < -0.3 is 24.8 Å². The number of amides is 2. The number of hydrogen-bond donors (Lipinski definition) is 1. The Morgan fingerprint density at radius 3 is 2.35 bits per heavy atom. The predicted molar refractivity (Wildman–Crippen MR) is 129 cm³/mol. The zero-order valence-corrected chi connectivity index (χ0v) is 20.0. The van der Waals surface area contributed by atoms with E-state index in [2.05, 4.69) is 29.0 Å². The van der Waals surface area contributed by atoms with Gasteiger partial charge in [-0.25, -0.2) is 14.2 Å². The number of anilines is 2. The van der Waals surface area contributed by atoms with Gasteiger partial charge in [-0.15, -0.1) is 0 Å². The largest absolute Gasteiger partial charge is 0.372 e. The van der Waals surface area contributed by atoms with E-state index in [1.165, 1.54) is 13.0 Å². The molecule has 0 aliphatic carbocycles. The number of urea groups is 1. The fraction of sp³-hybridized carbons (Fsp3) is 0.480. The first kappa shape index (κ1) is 23.9. The van der Waals surface area contributed by atoms with E-state index in [1.54, 1.807) is 23.2 Å². The Balaban J connectivity index is 1.26. The number of nitrogens with one attached hydrogen (secondary N) is 1. The molecule has 2 aliphatic rings. The van der Waals surface area contributed by atoms with E-state index in [4.69, 9.17) is 4.74 Å². The van der Waals surface area contributed by atoms with Crippen LogP contribution in [0.1, 0.15) is 36.7 Å². The number of ether oxygens (including phenoxy) is 1. The monoisotopic (exact) mass is 469 g/mol. The number of rotatable bonds is 5. The van der Waals surface area contributed by atoms with E-state index >= 15 is 0 Å². The second-order valence-electron chi connectivity index (χ2n) is 9.04. The molecule has 2 amide bonds. The quantitative estimate of drug-likeness (QED) is 0.679. The smallest absolute Gasteiger partial charge is 0.317 e. The molecule has 4 rings (SSSR count). The topological polar surface area (TPSA) is 78.0 Å². The van der Waals surface area contributed by atoms with Crippen LogP contribution < -0.4 is 15.1 Å². The van der Waals surface area contributed by atoms with Gasteiger partial charge in [0.2, 0.25) is 0 Å². The van der Waals surface area contributed by atoms with Gasteiger partial charge in [-0.1, -0.05) is 6.07 Å². The van der Waals surface area contributed by atoms with Crippen molar-refractivity contribution in [2.24, 2.45) is 0 Å². The van der Waals surface area contributed by atoms with Gasteiger partial charge in [0.1, 0.15) is 11.6 Å². The summed E-state index contributed by atoms with van der Waals surface area (Å²) >= 11 is 0. The number of ketones is 1. The summed E-state index contributed by atoms with van der Waals surface area (Å²) in [5, 5.41) is 2.95. The lowest BCUT2D eigenvalue weighted by Crippen LogP contribution is -2.51. The Kier molecular flexibility index (Phi) is 7.31. The summed E-state index contributed by atoms with van der Waals surface area (Å²) in [5.41, 5.74) is 1.74. The molecule has 2 saturated heterocycles. The normalized spacial score (nSPS) is 20.9. The summed E-state index contributed by atoms with van der Waals surface area (Å²) in [7, 11) is 0. The summed E-state index contributed by atoms with van der Waals surface area (Å²) in [4.78, 5) is 34.5. The van der Waals surface area contributed by atoms with Crippen molar-refractivity contribution >= 4 is 23.3 Å². The number of morpholine rings is 1. The first-order valence-corrected chi connectivity index (χ1v) is 11.7. The highest BCUT2D eigenvalue weighted by Gasteiger charge is 2.24. The number of halogens is 1. The molecule has 2 atom stereocenters. The van der Waals surface area contributed by atoms with E-state index in [-0.39, 0.29) is 24.0 Å². The number of aromatic nitrogens is 1. The van der Waals surface area contributed by atoms with Crippen LogP contribution in [0.15, 0.2) is 36.5 Å². The SMILES string of the molecule is CC(=O)c1ccc(N2CCN(C(=O)NCc3ccc(N4CC(C)OC(C)C4)nc3)CC2)c(F)c1. The average Bonchev–Trinajstić information content (AvgIpc) is 2.82. The van der Waals surface area contributed by atoms with Crippen molar-refractivity contribution in [3.8, 4) is 0 Å². The van der Waals surface area contributed by atoms with Gasteiger partial charge >= 0.3 is 6.03 Å². The molecule has 2 aromatic rings. The fourth-order valence-corrected chi connectivity index (χ4v) is 4.50. The van der Waals surface area contributed by atoms with Crippen molar-refractivity contribution < 1.29 is 18.7 Å². The highest BCUT2D eigenvalue weighted by molar-refractivity contribution is 5.94. The average molecular weight is 470 g/mol. The van der Waals surface area contributed by atoms with Crippen LogP contribution in [-0.2, 0) is 11.3 Å². The Morgan fingerprint density at radius 2 is 1.76 bits per heavy atom. The van der Waals surface area contributed by atoms with Crippen LogP contribution in [0, 0.1) is 5.82 Å². The molecule has 1 aromatic heterocycles. The molecule has 0 spiro atoms.